The molecular weight excluding hydrogens is 409 g/mol. The molecule has 31 heavy (non-hydrogen) atoms. The van der Waals surface area contributed by atoms with Gasteiger partial charge in [-0.05, 0) is 37.5 Å². The number of carbonyl (C=O) groups excluding carboxylic acids is 1. The van der Waals surface area contributed by atoms with Crippen LogP contribution in [0.15, 0.2) is 6.07 Å². The van der Waals surface area contributed by atoms with E-state index in [1.165, 1.54) is 0 Å². The van der Waals surface area contributed by atoms with Gasteiger partial charge in [0, 0.05) is 37.7 Å². The molecule has 6 nitrogen and oxygen atoms in total. The van der Waals surface area contributed by atoms with Crippen LogP contribution in [0.3, 0.4) is 0 Å². The van der Waals surface area contributed by atoms with Crippen LogP contribution in [0, 0.1) is 5.41 Å². The summed E-state index contributed by atoms with van der Waals surface area (Å²) in [6, 6.07) is -0.176. The van der Waals surface area contributed by atoms with E-state index >= 15 is 0 Å². The average molecular weight is 443 g/mol. The van der Waals surface area contributed by atoms with Gasteiger partial charge in [-0.3, -0.25) is 4.79 Å². The molecule has 1 amide bonds. The first-order valence-corrected chi connectivity index (χ1v) is 11.3. The van der Waals surface area contributed by atoms with Crippen molar-refractivity contribution in [3.05, 3.63) is 11.8 Å². The monoisotopic (exact) mass is 442 g/mol. The summed E-state index contributed by atoms with van der Waals surface area (Å²) in [5.74, 6) is 0.440. The van der Waals surface area contributed by atoms with Crippen LogP contribution in [0.1, 0.15) is 76.9 Å². The van der Waals surface area contributed by atoms with Crippen LogP contribution in [-0.2, 0) is 9.53 Å². The number of likely N-dealkylation sites (tertiary alicyclic amines) is 1. The second kappa shape index (κ2) is 8.30. The van der Waals surface area contributed by atoms with E-state index in [4.69, 9.17) is 4.74 Å². The summed E-state index contributed by atoms with van der Waals surface area (Å²) >= 11 is 0. The Morgan fingerprint density at radius 3 is 2.68 bits per heavy atom. The molecule has 3 aliphatic rings. The van der Waals surface area contributed by atoms with E-state index < -0.39 is 12.2 Å². The number of ether oxygens (including phenoxy) is 1. The van der Waals surface area contributed by atoms with E-state index in [0.29, 0.717) is 37.6 Å². The van der Waals surface area contributed by atoms with Crippen LogP contribution in [0.4, 0.5) is 19.0 Å². The maximum Gasteiger partial charge on any atom is 0.410 e. The lowest BCUT2D eigenvalue weighted by Gasteiger charge is -2.39. The summed E-state index contributed by atoms with van der Waals surface area (Å²) in [6.07, 6.45) is -0.474. The Labute approximate surface area is 181 Å². The van der Waals surface area contributed by atoms with Gasteiger partial charge in [0.15, 0.2) is 6.04 Å². The molecule has 0 spiro atoms. The van der Waals surface area contributed by atoms with Gasteiger partial charge in [-0.15, -0.1) is 0 Å². The van der Waals surface area contributed by atoms with Gasteiger partial charge in [0.2, 0.25) is 5.91 Å². The molecular formula is C22H33F3N4O2. The Bertz CT molecular complexity index is 796. The summed E-state index contributed by atoms with van der Waals surface area (Å²) in [5, 5.41) is 7.69. The first-order valence-electron chi connectivity index (χ1n) is 11.3. The molecule has 1 aromatic rings. The van der Waals surface area contributed by atoms with Crippen LogP contribution < -0.4 is 5.32 Å². The smallest absolute Gasteiger partial charge is 0.378 e. The van der Waals surface area contributed by atoms with Crippen LogP contribution in [0.25, 0.3) is 0 Å². The van der Waals surface area contributed by atoms with Crippen molar-refractivity contribution < 1.29 is 22.7 Å². The second-order valence-corrected chi connectivity index (χ2v) is 10.3. The summed E-state index contributed by atoms with van der Waals surface area (Å²) in [6.45, 7) is 7.74. The van der Waals surface area contributed by atoms with E-state index in [9.17, 15) is 18.0 Å². The van der Waals surface area contributed by atoms with Crippen molar-refractivity contribution >= 4 is 11.7 Å². The van der Waals surface area contributed by atoms with Crippen molar-refractivity contribution in [1.29, 1.82) is 0 Å². The number of halogens is 3. The third-order valence-corrected chi connectivity index (χ3v) is 6.87. The largest absolute Gasteiger partial charge is 0.410 e. The molecule has 0 bridgehead atoms. The zero-order valence-electron chi connectivity index (χ0n) is 18.5. The normalized spacial score (nSPS) is 29.5. The number of aromatic nitrogens is 2. The van der Waals surface area contributed by atoms with Crippen molar-refractivity contribution in [2.24, 2.45) is 5.41 Å². The standard InChI is InChI=1S/C22H33F3N4O2/c1-21(2,3)17-12-18(22(23,24)25)29-19(26-17)11-16(27-29)14-6-4-8-28(13-14)20(30)10-15-7-5-9-31-15/h11,14-15,17-18,26H,4-10,12-13H2,1-3H3/t14-,15-,17+,18-/m1/s1. The Hall–Kier alpha value is -1.77. The van der Waals surface area contributed by atoms with Gasteiger partial charge in [-0.1, -0.05) is 20.8 Å². The molecule has 2 fully saturated rings. The summed E-state index contributed by atoms with van der Waals surface area (Å²) in [5.41, 5.74) is 0.330. The molecule has 1 N–H and O–H groups in total. The number of carbonyl (C=O) groups is 1. The van der Waals surface area contributed by atoms with E-state index in [0.717, 1.165) is 30.4 Å². The highest BCUT2D eigenvalue weighted by molar-refractivity contribution is 5.77. The van der Waals surface area contributed by atoms with Crippen LogP contribution in [0.5, 0.6) is 0 Å². The zero-order valence-corrected chi connectivity index (χ0v) is 18.5. The number of hydrogen-bond acceptors (Lipinski definition) is 4. The van der Waals surface area contributed by atoms with Gasteiger partial charge in [0.25, 0.3) is 0 Å². The molecule has 1 aromatic heterocycles. The maximum atomic E-state index is 13.8. The van der Waals surface area contributed by atoms with Crippen molar-refractivity contribution in [3.8, 4) is 0 Å². The number of fused-ring (bicyclic) bond motifs is 1. The predicted molar refractivity (Wildman–Crippen MR) is 111 cm³/mol. The van der Waals surface area contributed by atoms with Crippen molar-refractivity contribution in [3.63, 3.8) is 0 Å². The summed E-state index contributed by atoms with van der Waals surface area (Å²) in [7, 11) is 0. The molecule has 4 rings (SSSR count). The number of hydrogen-bond donors (Lipinski definition) is 1. The fourth-order valence-electron chi connectivity index (χ4n) is 4.94. The van der Waals surface area contributed by atoms with Gasteiger partial charge < -0.3 is 15.0 Å². The molecule has 3 aliphatic heterocycles. The van der Waals surface area contributed by atoms with E-state index in [-0.39, 0.29) is 35.8 Å². The highest BCUT2D eigenvalue weighted by Crippen LogP contribution is 2.44. The Balaban J connectivity index is 1.51. The minimum Gasteiger partial charge on any atom is -0.378 e. The molecule has 0 unspecified atom stereocenters. The molecule has 2 saturated heterocycles. The van der Waals surface area contributed by atoms with Crippen molar-refractivity contribution in [2.75, 3.05) is 25.0 Å². The fraction of sp³-hybridized carbons (Fsp3) is 0.818. The second-order valence-electron chi connectivity index (χ2n) is 10.3. The molecule has 174 valence electrons. The molecule has 0 saturated carbocycles. The van der Waals surface area contributed by atoms with Gasteiger partial charge in [-0.25, -0.2) is 4.68 Å². The van der Waals surface area contributed by atoms with E-state index in [1.807, 2.05) is 25.7 Å². The number of rotatable bonds is 3. The molecule has 4 atom stereocenters. The average Bonchev–Trinajstić information content (AvgIpc) is 3.35. The topological polar surface area (TPSA) is 59.4 Å². The summed E-state index contributed by atoms with van der Waals surface area (Å²) in [4.78, 5) is 14.6. The number of nitrogens with one attached hydrogen (secondary N) is 1. The first-order chi connectivity index (χ1) is 14.5. The number of amides is 1. The molecule has 0 aromatic carbocycles. The van der Waals surface area contributed by atoms with Crippen LogP contribution >= 0.6 is 0 Å². The van der Waals surface area contributed by atoms with Gasteiger partial charge in [0.1, 0.15) is 5.82 Å². The minimum atomic E-state index is -4.36. The lowest BCUT2D eigenvalue weighted by atomic mass is 9.82. The number of anilines is 1. The number of piperidine rings is 1. The Kier molecular flexibility index (Phi) is 6.00. The quantitative estimate of drug-likeness (QED) is 0.749. The van der Waals surface area contributed by atoms with Crippen molar-refractivity contribution in [2.45, 2.75) is 89.6 Å². The highest BCUT2D eigenvalue weighted by Gasteiger charge is 2.48. The minimum absolute atomic E-state index is 0.00105. The Morgan fingerprint density at radius 1 is 1.26 bits per heavy atom. The zero-order chi connectivity index (χ0) is 22.4. The molecule has 0 aliphatic carbocycles. The summed E-state index contributed by atoms with van der Waals surface area (Å²) < 4.78 is 48.2. The van der Waals surface area contributed by atoms with Gasteiger partial charge >= 0.3 is 6.18 Å². The van der Waals surface area contributed by atoms with Gasteiger partial charge in [0.05, 0.1) is 18.2 Å². The fourth-order valence-corrected chi connectivity index (χ4v) is 4.94. The number of alkyl halides is 3. The maximum absolute atomic E-state index is 13.8. The predicted octanol–water partition coefficient (Wildman–Crippen LogP) is 4.49. The highest BCUT2D eigenvalue weighted by atomic mass is 19.4. The molecule has 9 heteroatoms. The number of nitrogens with zero attached hydrogens (tertiary/aromatic N) is 3. The van der Waals surface area contributed by atoms with E-state index in [1.54, 1.807) is 6.07 Å². The molecule has 0 radical (unpaired) electrons. The Morgan fingerprint density at radius 2 is 2.03 bits per heavy atom. The molecule has 4 heterocycles. The lowest BCUT2D eigenvalue weighted by Crippen LogP contribution is -2.44. The van der Waals surface area contributed by atoms with Gasteiger partial charge in [-0.2, -0.15) is 18.3 Å². The lowest BCUT2D eigenvalue weighted by molar-refractivity contribution is -0.175. The van der Waals surface area contributed by atoms with Crippen LogP contribution in [-0.4, -0.2) is 58.6 Å². The SMILES string of the molecule is CC(C)(C)[C@@H]1C[C@H](C(F)(F)F)n2nc([C@@H]3CCCN(C(=O)C[C@H]4CCCO4)C3)cc2N1. The van der Waals surface area contributed by atoms with E-state index in [2.05, 4.69) is 10.4 Å². The van der Waals surface area contributed by atoms with Crippen molar-refractivity contribution in [1.82, 2.24) is 14.7 Å². The van der Waals surface area contributed by atoms with Crippen LogP contribution in [0.2, 0.25) is 0 Å². The third kappa shape index (κ3) is 4.86. The third-order valence-electron chi connectivity index (χ3n) is 6.87. The first kappa shape index (κ1) is 22.4.